The van der Waals surface area contributed by atoms with Gasteiger partial charge < -0.3 is 0 Å². The average molecular weight is 753 g/mol. The third kappa shape index (κ3) is 5.80. The summed E-state index contributed by atoms with van der Waals surface area (Å²) in [7, 11) is 0. The van der Waals surface area contributed by atoms with Gasteiger partial charge in [-0.3, -0.25) is 28.9 Å². The molecule has 0 spiro atoms. The molecule has 4 saturated heterocycles. The highest BCUT2D eigenvalue weighted by Crippen LogP contribution is 2.49. The Hall–Kier alpha value is -6.88. The van der Waals surface area contributed by atoms with E-state index in [9.17, 15) is 19.2 Å². The Bertz CT molecular complexity index is 2290. The molecule has 10 rings (SSSR count). The number of rotatable bonds is 8. The summed E-state index contributed by atoms with van der Waals surface area (Å²) in [5.41, 5.74) is 6.21. The summed E-state index contributed by atoms with van der Waals surface area (Å²) in [6.07, 6.45) is -1.35. The van der Waals surface area contributed by atoms with Crippen LogP contribution in [0.4, 0.5) is 22.7 Å². The van der Waals surface area contributed by atoms with Crippen LogP contribution in [0, 0.1) is 11.8 Å². The standard InChI is InChI=1S/C47H36N4O6/c52-44-38-40(32-13-5-1-6-14-32)50(36-17-9-3-10-18-36)56-42(38)46(54)48(44)34-25-21-30(22-26-34)29-31-23-27-35(28-24-31)49-45(53)39-41(33-15-7-2-8-16-33)51(57-43(39)47(49)55)37-19-11-4-12-20-37/h1-28,38-43H,29H2/t38-,39+,40-,41-,42-,43-/m0/s1. The molecule has 0 radical (unpaired) electrons. The lowest BCUT2D eigenvalue weighted by Gasteiger charge is -2.28. The van der Waals surface area contributed by atoms with Crippen LogP contribution in [0.3, 0.4) is 0 Å². The molecular formula is C47H36N4O6. The van der Waals surface area contributed by atoms with Crippen LogP contribution in [0.1, 0.15) is 34.3 Å². The van der Waals surface area contributed by atoms with Gasteiger partial charge in [0, 0.05) is 0 Å². The van der Waals surface area contributed by atoms with Gasteiger partial charge in [-0.05, 0) is 77.2 Å². The van der Waals surface area contributed by atoms with Crippen molar-refractivity contribution in [2.24, 2.45) is 11.8 Å². The van der Waals surface area contributed by atoms with Gasteiger partial charge in [0.25, 0.3) is 11.8 Å². The molecule has 6 aromatic carbocycles. The van der Waals surface area contributed by atoms with Gasteiger partial charge in [0.15, 0.2) is 12.2 Å². The zero-order valence-corrected chi connectivity index (χ0v) is 30.6. The molecule has 0 aromatic heterocycles. The topological polar surface area (TPSA) is 99.7 Å². The summed E-state index contributed by atoms with van der Waals surface area (Å²) in [5, 5.41) is 3.39. The maximum atomic E-state index is 14.1. The number of hydrogen-bond acceptors (Lipinski definition) is 8. The van der Waals surface area contributed by atoms with E-state index in [2.05, 4.69) is 0 Å². The summed E-state index contributed by atoms with van der Waals surface area (Å²) in [6.45, 7) is 0. The zero-order chi connectivity index (χ0) is 38.6. The molecule has 6 atom stereocenters. The van der Waals surface area contributed by atoms with Crippen molar-refractivity contribution >= 4 is 46.4 Å². The Labute approximate surface area is 329 Å². The molecule has 0 saturated carbocycles. The Morgan fingerprint density at radius 3 is 1.05 bits per heavy atom. The lowest BCUT2D eigenvalue weighted by Crippen LogP contribution is -2.37. The number of carbonyl (C=O) groups is 4. The second-order valence-corrected chi connectivity index (χ2v) is 14.7. The van der Waals surface area contributed by atoms with E-state index in [4.69, 9.17) is 9.68 Å². The summed E-state index contributed by atoms with van der Waals surface area (Å²) >= 11 is 0. The first-order valence-electron chi connectivity index (χ1n) is 19.0. The minimum Gasteiger partial charge on any atom is -0.273 e. The van der Waals surface area contributed by atoms with Crippen LogP contribution < -0.4 is 19.9 Å². The molecule has 0 bridgehead atoms. The molecule has 10 nitrogen and oxygen atoms in total. The Morgan fingerprint density at radius 1 is 0.368 bits per heavy atom. The van der Waals surface area contributed by atoms with Crippen molar-refractivity contribution in [3.63, 3.8) is 0 Å². The van der Waals surface area contributed by atoms with Crippen LogP contribution >= 0.6 is 0 Å². The van der Waals surface area contributed by atoms with E-state index in [0.29, 0.717) is 17.8 Å². The molecule has 4 fully saturated rings. The average Bonchev–Trinajstić information content (AvgIpc) is 3.98. The van der Waals surface area contributed by atoms with Crippen LogP contribution in [0.15, 0.2) is 170 Å². The maximum Gasteiger partial charge on any atom is 0.266 e. The van der Waals surface area contributed by atoms with Crippen molar-refractivity contribution in [3.8, 4) is 0 Å². The fraction of sp³-hybridized carbons (Fsp3) is 0.149. The molecule has 4 aliphatic heterocycles. The van der Waals surface area contributed by atoms with E-state index >= 15 is 0 Å². The zero-order valence-electron chi connectivity index (χ0n) is 30.6. The van der Waals surface area contributed by atoms with E-state index in [1.165, 1.54) is 9.80 Å². The number of hydroxylamine groups is 2. The van der Waals surface area contributed by atoms with Gasteiger partial charge in [-0.1, -0.05) is 121 Å². The number of anilines is 4. The number of imide groups is 2. The maximum absolute atomic E-state index is 14.1. The molecular weight excluding hydrogens is 717 g/mol. The smallest absolute Gasteiger partial charge is 0.266 e. The molecule has 57 heavy (non-hydrogen) atoms. The molecule has 6 aromatic rings. The molecule has 280 valence electrons. The van der Waals surface area contributed by atoms with Crippen molar-refractivity contribution < 1.29 is 28.9 Å². The van der Waals surface area contributed by atoms with Gasteiger partial charge in [-0.25, -0.2) is 19.9 Å². The van der Waals surface area contributed by atoms with E-state index in [-0.39, 0.29) is 11.8 Å². The van der Waals surface area contributed by atoms with Gasteiger partial charge in [-0.2, -0.15) is 0 Å². The van der Waals surface area contributed by atoms with Crippen LogP contribution in [-0.2, 0) is 35.3 Å². The number of fused-ring (bicyclic) bond motifs is 2. The quantitative estimate of drug-likeness (QED) is 0.149. The van der Waals surface area contributed by atoms with E-state index in [1.54, 1.807) is 34.4 Å². The Morgan fingerprint density at radius 2 is 0.702 bits per heavy atom. The highest BCUT2D eigenvalue weighted by molar-refractivity contribution is 6.24. The summed E-state index contributed by atoms with van der Waals surface area (Å²) in [5.74, 6) is -2.82. The van der Waals surface area contributed by atoms with E-state index in [0.717, 1.165) is 33.6 Å². The predicted molar refractivity (Wildman–Crippen MR) is 214 cm³/mol. The minimum atomic E-state index is -0.950. The van der Waals surface area contributed by atoms with Crippen LogP contribution in [0.25, 0.3) is 0 Å². The second-order valence-electron chi connectivity index (χ2n) is 14.7. The van der Waals surface area contributed by atoms with Crippen LogP contribution in [-0.4, -0.2) is 35.8 Å². The lowest BCUT2D eigenvalue weighted by atomic mass is 9.90. The Balaban J connectivity index is 0.846. The first-order valence-corrected chi connectivity index (χ1v) is 19.0. The van der Waals surface area contributed by atoms with Crippen molar-refractivity contribution in [2.75, 3.05) is 19.9 Å². The Kier molecular flexibility index (Phi) is 8.50. The second kappa shape index (κ2) is 14.0. The number of nitrogens with zero attached hydrogens (tertiary/aromatic N) is 4. The van der Waals surface area contributed by atoms with Crippen molar-refractivity contribution in [3.05, 3.63) is 192 Å². The lowest BCUT2D eigenvalue weighted by molar-refractivity contribution is -0.127. The van der Waals surface area contributed by atoms with E-state index < -0.39 is 47.9 Å². The molecule has 4 amide bonds. The number of hydrogen-bond donors (Lipinski definition) is 0. The molecule has 0 aliphatic carbocycles. The first-order chi connectivity index (χ1) is 28.0. The van der Waals surface area contributed by atoms with Gasteiger partial charge >= 0.3 is 0 Å². The number of benzene rings is 6. The van der Waals surface area contributed by atoms with Gasteiger partial charge in [0.1, 0.15) is 11.8 Å². The fourth-order valence-corrected chi connectivity index (χ4v) is 8.68. The molecule has 0 N–H and O–H groups in total. The molecule has 0 unspecified atom stereocenters. The fourth-order valence-electron chi connectivity index (χ4n) is 8.68. The highest BCUT2D eigenvalue weighted by atomic mass is 16.7. The first kappa shape index (κ1) is 34.6. The largest absolute Gasteiger partial charge is 0.273 e. The number of amides is 4. The van der Waals surface area contributed by atoms with Gasteiger partial charge in [0.2, 0.25) is 11.8 Å². The molecule has 10 heteroatoms. The molecule has 4 aliphatic rings. The summed E-state index contributed by atoms with van der Waals surface area (Å²) in [6, 6.07) is 52.2. The SMILES string of the molecule is O=C1[C@@H]2[C@H](ON(c3ccccc3)[C@H]2c2ccccc2)C(=O)N1c1ccc(Cc2ccc(N3C(=O)[C@H]4[C@H](ON(c5ccccc5)[C@H]4c4ccccc4)C3=O)cc2)cc1. The summed E-state index contributed by atoms with van der Waals surface area (Å²) in [4.78, 5) is 70.9. The normalized spacial score (nSPS) is 24.1. The van der Waals surface area contributed by atoms with Crippen LogP contribution in [0.2, 0.25) is 0 Å². The number of para-hydroxylation sites is 2. The monoisotopic (exact) mass is 752 g/mol. The number of carbonyl (C=O) groups excluding carboxylic acids is 4. The van der Waals surface area contributed by atoms with Crippen molar-refractivity contribution in [2.45, 2.75) is 30.7 Å². The van der Waals surface area contributed by atoms with Crippen molar-refractivity contribution in [1.29, 1.82) is 0 Å². The third-order valence-electron chi connectivity index (χ3n) is 11.3. The highest BCUT2D eigenvalue weighted by Gasteiger charge is 2.61. The van der Waals surface area contributed by atoms with E-state index in [1.807, 2.05) is 146 Å². The predicted octanol–water partition coefficient (Wildman–Crippen LogP) is 7.38. The minimum absolute atomic E-state index is 0.302. The van der Waals surface area contributed by atoms with Gasteiger partial charge in [0.05, 0.1) is 34.8 Å². The summed E-state index contributed by atoms with van der Waals surface area (Å²) < 4.78 is 0. The van der Waals surface area contributed by atoms with Crippen molar-refractivity contribution in [1.82, 2.24) is 0 Å². The third-order valence-corrected chi connectivity index (χ3v) is 11.3. The van der Waals surface area contributed by atoms with Crippen LogP contribution in [0.5, 0.6) is 0 Å². The molecule has 4 heterocycles. The van der Waals surface area contributed by atoms with Gasteiger partial charge in [-0.15, -0.1) is 0 Å².